The number of carbonyl (C=O) groups excluding carboxylic acids is 2. The Morgan fingerprint density at radius 3 is 2.87 bits per heavy atom. The number of rotatable bonds is 9. The van der Waals surface area contributed by atoms with Gasteiger partial charge in [0.2, 0.25) is 5.91 Å². The summed E-state index contributed by atoms with van der Waals surface area (Å²) in [6.07, 6.45) is -0.0146. The molecule has 2 aromatic rings. The lowest BCUT2D eigenvalue weighted by atomic mass is 10.2. The minimum atomic E-state index is -0.315. The highest BCUT2D eigenvalue weighted by molar-refractivity contribution is 7.99. The second-order valence-electron chi connectivity index (χ2n) is 7.11. The van der Waals surface area contributed by atoms with E-state index in [-0.39, 0.29) is 30.2 Å². The Labute approximate surface area is 189 Å². The zero-order chi connectivity index (χ0) is 22.2. The molecule has 1 aromatic heterocycles. The van der Waals surface area contributed by atoms with E-state index in [0.717, 1.165) is 12.1 Å². The van der Waals surface area contributed by atoms with Gasteiger partial charge in [0.25, 0.3) is 0 Å². The predicted molar refractivity (Wildman–Crippen MR) is 117 cm³/mol. The van der Waals surface area contributed by atoms with Crippen molar-refractivity contribution in [3.63, 3.8) is 0 Å². The Morgan fingerprint density at radius 1 is 1.39 bits per heavy atom. The van der Waals surface area contributed by atoms with Crippen LogP contribution >= 0.6 is 23.3 Å². The van der Waals surface area contributed by atoms with Crippen molar-refractivity contribution in [3.8, 4) is 0 Å². The number of amides is 1. The highest BCUT2D eigenvalue weighted by Crippen LogP contribution is 2.27. The van der Waals surface area contributed by atoms with Crippen LogP contribution in [0.1, 0.15) is 25.1 Å². The molecular weight excluding hydrogens is 441 g/mol. The van der Waals surface area contributed by atoms with Gasteiger partial charge < -0.3 is 9.47 Å². The molecule has 1 amide bonds. The van der Waals surface area contributed by atoms with Crippen molar-refractivity contribution < 1.29 is 23.5 Å². The fraction of sp³-hybridized carbons (Fsp3) is 0.476. The quantitative estimate of drug-likeness (QED) is 0.414. The van der Waals surface area contributed by atoms with Gasteiger partial charge in [0.15, 0.2) is 4.34 Å². The molecule has 168 valence electrons. The van der Waals surface area contributed by atoms with E-state index in [1.165, 1.54) is 42.3 Å². The van der Waals surface area contributed by atoms with E-state index < -0.39 is 0 Å². The zero-order valence-corrected chi connectivity index (χ0v) is 19.2. The van der Waals surface area contributed by atoms with Crippen LogP contribution in [0.4, 0.5) is 4.39 Å². The number of benzene rings is 1. The SMILES string of the molecule is CCOC(=O)Cc1csc(SN(C[C@@H]2CN(Cc3ccc(F)cc3)CCO2)C(C)=O)n1. The van der Waals surface area contributed by atoms with Gasteiger partial charge in [0, 0.05) is 43.9 Å². The smallest absolute Gasteiger partial charge is 0.311 e. The molecule has 1 saturated heterocycles. The molecule has 0 radical (unpaired) electrons. The van der Waals surface area contributed by atoms with Crippen LogP contribution in [0.2, 0.25) is 0 Å². The molecule has 7 nitrogen and oxygen atoms in total. The van der Waals surface area contributed by atoms with Gasteiger partial charge in [-0.05, 0) is 24.6 Å². The van der Waals surface area contributed by atoms with Gasteiger partial charge in [-0.2, -0.15) is 0 Å². The fourth-order valence-electron chi connectivity index (χ4n) is 3.16. The van der Waals surface area contributed by atoms with Crippen LogP contribution in [0.5, 0.6) is 0 Å². The van der Waals surface area contributed by atoms with Crippen molar-refractivity contribution in [1.82, 2.24) is 14.2 Å². The Kier molecular flexibility index (Phi) is 8.82. The van der Waals surface area contributed by atoms with Crippen molar-refractivity contribution >= 4 is 35.2 Å². The summed E-state index contributed by atoms with van der Waals surface area (Å²) in [5, 5.41) is 1.80. The minimum Gasteiger partial charge on any atom is -0.466 e. The molecule has 0 bridgehead atoms. The van der Waals surface area contributed by atoms with Crippen LogP contribution < -0.4 is 0 Å². The second-order valence-corrected chi connectivity index (χ2v) is 9.24. The van der Waals surface area contributed by atoms with Crippen molar-refractivity contribution in [1.29, 1.82) is 0 Å². The number of carbonyl (C=O) groups is 2. The third-order valence-corrected chi connectivity index (χ3v) is 6.68. The molecule has 10 heteroatoms. The Bertz CT molecular complexity index is 878. The topological polar surface area (TPSA) is 72.0 Å². The summed E-state index contributed by atoms with van der Waals surface area (Å²) in [5.41, 5.74) is 1.67. The van der Waals surface area contributed by atoms with Gasteiger partial charge in [0.1, 0.15) is 5.82 Å². The highest BCUT2D eigenvalue weighted by atomic mass is 32.2. The van der Waals surface area contributed by atoms with Gasteiger partial charge in [-0.15, -0.1) is 11.3 Å². The standard InChI is InChI=1S/C21H26FN3O4S2/c1-3-28-20(27)10-18-14-30-21(23-18)31-25(15(2)26)13-19-12-24(8-9-29-19)11-16-4-6-17(22)7-5-16/h4-7,14,19H,3,8-13H2,1-2H3/t19-/m0/s1. The van der Waals surface area contributed by atoms with E-state index in [1.54, 1.807) is 28.7 Å². The van der Waals surface area contributed by atoms with E-state index >= 15 is 0 Å². The van der Waals surface area contributed by atoms with Gasteiger partial charge in [-0.1, -0.05) is 12.1 Å². The maximum Gasteiger partial charge on any atom is 0.311 e. The summed E-state index contributed by atoms with van der Waals surface area (Å²) in [5.74, 6) is -0.652. The number of thiazole rings is 1. The average Bonchev–Trinajstić information content (AvgIpc) is 3.16. The number of ether oxygens (including phenoxy) is 2. The molecule has 1 aromatic carbocycles. The molecule has 1 fully saturated rings. The van der Waals surface area contributed by atoms with E-state index in [1.807, 2.05) is 0 Å². The number of hydrogen-bond donors (Lipinski definition) is 0. The summed E-state index contributed by atoms with van der Waals surface area (Å²) in [4.78, 5) is 30.5. The first-order valence-electron chi connectivity index (χ1n) is 10.1. The van der Waals surface area contributed by atoms with Crippen LogP contribution in [0.15, 0.2) is 34.0 Å². The summed E-state index contributed by atoms with van der Waals surface area (Å²) in [6, 6.07) is 6.50. The lowest BCUT2D eigenvalue weighted by Gasteiger charge is -2.35. The predicted octanol–water partition coefficient (Wildman–Crippen LogP) is 3.14. The first-order valence-corrected chi connectivity index (χ1v) is 11.7. The lowest BCUT2D eigenvalue weighted by molar-refractivity contribution is -0.142. The molecular formula is C21H26FN3O4S2. The normalized spacial score (nSPS) is 16.8. The molecule has 0 saturated carbocycles. The lowest BCUT2D eigenvalue weighted by Crippen LogP contribution is -2.46. The van der Waals surface area contributed by atoms with E-state index in [0.29, 0.717) is 42.9 Å². The maximum atomic E-state index is 13.1. The molecule has 0 unspecified atom stereocenters. The fourth-order valence-corrected chi connectivity index (χ4v) is 5.01. The van der Waals surface area contributed by atoms with Crippen LogP contribution in [0, 0.1) is 5.82 Å². The van der Waals surface area contributed by atoms with Crippen LogP contribution in [-0.4, -0.2) is 65.0 Å². The number of nitrogens with zero attached hydrogens (tertiary/aromatic N) is 3. The first kappa shape index (κ1) is 23.6. The summed E-state index contributed by atoms with van der Waals surface area (Å²) < 4.78 is 26.3. The average molecular weight is 468 g/mol. The Morgan fingerprint density at radius 2 is 2.16 bits per heavy atom. The molecule has 31 heavy (non-hydrogen) atoms. The van der Waals surface area contributed by atoms with Crippen molar-refractivity contribution in [2.45, 2.75) is 37.3 Å². The summed E-state index contributed by atoms with van der Waals surface area (Å²) >= 11 is 2.65. The summed E-state index contributed by atoms with van der Waals surface area (Å²) in [6.45, 7) is 6.77. The third-order valence-electron chi connectivity index (χ3n) is 4.61. The number of esters is 1. The van der Waals surface area contributed by atoms with Gasteiger partial charge >= 0.3 is 5.97 Å². The maximum absolute atomic E-state index is 13.1. The Balaban J connectivity index is 1.54. The number of hydrogen-bond acceptors (Lipinski definition) is 8. The number of halogens is 1. The molecule has 1 atom stereocenters. The second kappa shape index (κ2) is 11.6. The van der Waals surface area contributed by atoms with Crippen molar-refractivity contribution in [3.05, 3.63) is 46.7 Å². The molecule has 2 heterocycles. The minimum absolute atomic E-state index is 0.0913. The van der Waals surface area contributed by atoms with Crippen LogP contribution in [0.25, 0.3) is 0 Å². The van der Waals surface area contributed by atoms with E-state index in [9.17, 15) is 14.0 Å². The molecule has 0 N–H and O–H groups in total. The number of aromatic nitrogens is 1. The molecule has 1 aliphatic heterocycles. The molecule has 3 rings (SSSR count). The van der Waals surface area contributed by atoms with Gasteiger partial charge in [-0.25, -0.2) is 9.37 Å². The zero-order valence-electron chi connectivity index (χ0n) is 17.6. The third kappa shape index (κ3) is 7.57. The highest BCUT2D eigenvalue weighted by Gasteiger charge is 2.25. The Hall–Kier alpha value is -2.01. The van der Waals surface area contributed by atoms with Crippen LogP contribution in [-0.2, 0) is 32.0 Å². The largest absolute Gasteiger partial charge is 0.466 e. The molecule has 0 spiro atoms. The van der Waals surface area contributed by atoms with Gasteiger partial charge in [0.05, 0.1) is 38.0 Å². The molecule has 0 aliphatic carbocycles. The summed E-state index contributed by atoms with van der Waals surface area (Å²) in [7, 11) is 0. The van der Waals surface area contributed by atoms with E-state index in [4.69, 9.17) is 9.47 Å². The van der Waals surface area contributed by atoms with Crippen molar-refractivity contribution in [2.24, 2.45) is 0 Å². The molecule has 1 aliphatic rings. The monoisotopic (exact) mass is 467 g/mol. The van der Waals surface area contributed by atoms with E-state index in [2.05, 4.69) is 9.88 Å². The van der Waals surface area contributed by atoms with Gasteiger partial charge in [-0.3, -0.25) is 18.8 Å². The van der Waals surface area contributed by atoms with Crippen LogP contribution in [0.3, 0.4) is 0 Å². The van der Waals surface area contributed by atoms with Crippen molar-refractivity contribution in [2.75, 3.05) is 32.8 Å². The first-order chi connectivity index (χ1) is 14.9. The number of morpholine rings is 1.